The van der Waals surface area contributed by atoms with Gasteiger partial charge in [-0.25, -0.2) is 0 Å². The summed E-state index contributed by atoms with van der Waals surface area (Å²) in [6.07, 6.45) is 12.2. The summed E-state index contributed by atoms with van der Waals surface area (Å²) >= 11 is 0. The van der Waals surface area contributed by atoms with Crippen molar-refractivity contribution >= 4 is 5.78 Å². The van der Waals surface area contributed by atoms with Gasteiger partial charge in [0, 0.05) is 5.41 Å². The molecule has 0 bridgehead atoms. The summed E-state index contributed by atoms with van der Waals surface area (Å²) in [4.78, 5) is 12.3. The van der Waals surface area contributed by atoms with E-state index >= 15 is 0 Å². The van der Waals surface area contributed by atoms with Crippen molar-refractivity contribution in [2.75, 3.05) is 0 Å². The van der Waals surface area contributed by atoms with Crippen molar-refractivity contribution in [2.24, 2.45) is 28.6 Å². The van der Waals surface area contributed by atoms with Gasteiger partial charge in [0.15, 0.2) is 5.78 Å². The first-order chi connectivity index (χ1) is 11.2. The molecule has 0 aromatic carbocycles. The molecule has 0 saturated heterocycles. The number of hydrogen-bond donors (Lipinski definition) is 1. The van der Waals surface area contributed by atoms with Gasteiger partial charge in [0.2, 0.25) is 0 Å². The molecule has 24 heavy (non-hydrogen) atoms. The molecule has 0 radical (unpaired) electrons. The molecular formula is C22H32O2. The first kappa shape index (κ1) is 16.6. The van der Waals surface area contributed by atoms with Crippen LogP contribution in [-0.2, 0) is 4.79 Å². The highest BCUT2D eigenvalue weighted by atomic mass is 16.3. The Bertz CT molecular complexity index is 644. The molecule has 0 heterocycles. The Morgan fingerprint density at radius 1 is 1.17 bits per heavy atom. The fourth-order valence-corrected chi connectivity index (χ4v) is 7.35. The van der Waals surface area contributed by atoms with Crippen LogP contribution in [0.15, 0.2) is 23.3 Å². The minimum absolute atomic E-state index is 0.0125. The van der Waals surface area contributed by atoms with Crippen molar-refractivity contribution in [1.29, 1.82) is 0 Å². The lowest BCUT2D eigenvalue weighted by Gasteiger charge is -2.58. The van der Waals surface area contributed by atoms with Crippen LogP contribution in [0.25, 0.3) is 0 Å². The maximum atomic E-state index is 12.3. The van der Waals surface area contributed by atoms with E-state index in [1.54, 1.807) is 18.1 Å². The van der Waals surface area contributed by atoms with Gasteiger partial charge in [-0.05, 0) is 87.5 Å². The van der Waals surface area contributed by atoms with Crippen LogP contribution in [-0.4, -0.2) is 16.5 Å². The van der Waals surface area contributed by atoms with Gasteiger partial charge in [0.05, 0.1) is 0 Å². The molecule has 2 saturated carbocycles. The van der Waals surface area contributed by atoms with Crippen LogP contribution in [0.4, 0.5) is 0 Å². The summed E-state index contributed by atoms with van der Waals surface area (Å²) in [7, 11) is 0. The number of carbonyl (C=O) groups excluding carboxylic acids is 1. The van der Waals surface area contributed by atoms with Gasteiger partial charge in [0.1, 0.15) is 5.60 Å². The van der Waals surface area contributed by atoms with Crippen LogP contribution in [0.1, 0.15) is 72.6 Å². The van der Waals surface area contributed by atoms with Gasteiger partial charge in [-0.2, -0.15) is 0 Å². The van der Waals surface area contributed by atoms with Crippen molar-refractivity contribution in [1.82, 2.24) is 0 Å². The smallest absolute Gasteiger partial charge is 0.161 e. The van der Waals surface area contributed by atoms with E-state index in [1.165, 1.54) is 12.8 Å². The summed E-state index contributed by atoms with van der Waals surface area (Å²) in [5, 5.41) is 11.2. The number of rotatable bonds is 1. The Kier molecular flexibility index (Phi) is 3.50. The number of Topliss-reactive ketones (excluding diaryl/α,β-unsaturated/α-hetero) is 1. The van der Waals surface area contributed by atoms with E-state index in [2.05, 4.69) is 32.9 Å². The van der Waals surface area contributed by atoms with E-state index in [1.807, 2.05) is 0 Å². The number of carbonyl (C=O) groups is 1. The van der Waals surface area contributed by atoms with Crippen LogP contribution in [0.5, 0.6) is 0 Å². The third-order valence-corrected chi connectivity index (χ3v) is 8.72. The van der Waals surface area contributed by atoms with Crippen LogP contribution in [0.3, 0.4) is 0 Å². The number of aliphatic hydroxyl groups is 1. The second kappa shape index (κ2) is 5.06. The fraction of sp³-hybridized carbons (Fsp3) is 0.773. The highest BCUT2D eigenvalue weighted by Crippen LogP contribution is 2.67. The van der Waals surface area contributed by atoms with Crippen molar-refractivity contribution in [3.8, 4) is 0 Å². The number of fused-ring (bicyclic) bond motifs is 5. The van der Waals surface area contributed by atoms with E-state index < -0.39 is 5.60 Å². The fourth-order valence-electron chi connectivity index (χ4n) is 7.35. The number of hydrogen-bond acceptors (Lipinski definition) is 2. The van der Waals surface area contributed by atoms with Crippen LogP contribution < -0.4 is 0 Å². The molecule has 6 atom stereocenters. The predicted octanol–water partition coefficient (Wildman–Crippen LogP) is 4.83. The standard InChI is InChI=1S/C22H32O2/c1-14-13-16-18(20(3)10-6-5-7-17(14)20)8-11-21(4)19(16)9-12-22(21,24)15(2)23/h5,7,16,18-19,24H,6,8-13H2,1-4H3/t16-,18+,19+,20+,21+,22+/m1/s1. The summed E-state index contributed by atoms with van der Waals surface area (Å²) in [6, 6.07) is 0. The largest absolute Gasteiger partial charge is 0.382 e. The molecule has 2 fully saturated rings. The average molecular weight is 328 g/mol. The quantitative estimate of drug-likeness (QED) is 0.749. The molecule has 4 aliphatic carbocycles. The van der Waals surface area contributed by atoms with Gasteiger partial charge in [-0.1, -0.05) is 31.6 Å². The van der Waals surface area contributed by atoms with Gasteiger partial charge in [-0.3, -0.25) is 4.79 Å². The third-order valence-electron chi connectivity index (χ3n) is 8.72. The van der Waals surface area contributed by atoms with Crippen molar-refractivity contribution in [3.63, 3.8) is 0 Å². The third kappa shape index (κ3) is 1.84. The molecule has 2 nitrogen and oxygen atoms in total. The zero-order valence-corrected chi connectivity index (χ0v) is 15.7. The molecule has 4 rings (SSSR count). The van der Waals surface area contributed by atoms with Crippen molar-refractivity contribution in [2.45, 2.75) is 78.2 Å². The Balaban J connectivity index is 1.76. The molecule has 2 heteroatoms. The minimum Gasteiger partial charge on any atom is -0.382 e. The highest BCUT2D eigenvalue weighted by molar-refractivity contribution is 5.86. The van der Waals surface area contributed by atoms with Gasteiger partial charge in [-0.15, -0.1) is 0 Å². The predicted molar refractivity (Wildman–Crippen MR) is 96.5 cm³/mol. The van der Waals surface area contributed by atoms with Gasteiger partial charge in [0.25, 0.3) is 0 Å². The van der Waals surface area contributed by atoms with Crippen LogP contribution in [0.2, 0.25) is 0 Å². The molecule has 0 spiro atoms. The molecular weight excluding hydrogens is 296 g/mol. The lowest BCUT2D eigenvalue weighted by molar-refractivity contribution is -0.158. The highest BCUT2D eigenvalue weighted by Gasteiger charge is 2.65. The molecule has 0 unspecified atom stereocenters. The van der Waals surface area contributed by atoms with Crippen LogP contribution >= 0.6 is 0 Å². The van der Waals surface area contributed by atoms with Gasteiger partial charge < -0.3 is 5.11 Å². The molecule has 0 aromatic heterocycles. The Morgan fingerprint density at radius 2 is 1.88 bits per heavy atom. The van der Waals surface area contributed by atoms with E-state index in [9.17, 15) is 9.90 Å². The topological polar surface area (TPSA) is 37.3 Å². The van der Waals surface area contributed by atoms with Crippen molar-refractivity contribution in [3.05, 3.63) is 23.3 Å². The maximum Gasteiger partial charge on any atom is 0.161 e. The van der Waals surface area contributed by atoms with E-state index in [-0.39, 0.29) is 11.2 Å². The number of allylic oxidation sites excluding steroid dienone is 4. The molecule has 0 aliphatic heterocycles. The molecule has 4 aliphatic rings. The summed E-state index contributed by atoms with van der Waals surface area (Å²) in [6.45, 7) is 8.61. The maximum absolute atomic E-state index is 12.3. The zero-order valence-electron chi connectivity index (χ0n) is 15.7. The second-order valence-electron chi connectivity index (χ2n) is 9.54. The molecule has 132 valence electrons. The Labute approximate surface area is 146 Å². The molecule has 1 N–H and O–H groups in total. The van der Waals surface area contributed by atoms with Gasteiger partial charge >= 0.3 is 0 Å². The SMILES string of the molecule is CC(=O)[C@@]1(O)CC[C@H]2[C@@H]3CC(C)=C4C=CCC[C@]4(C)[C@H]3CC[C@@]21C. The Morgan fingerprint density at radius 3 is 2.58 bits per heavy atom. The Hall–Kier alpha value is -0.890. The van der Waals surface area contributed by atoms with E-state index in [0.717, 1.165) is 25.7 Å². The van der Waals surface area contributed by atoms with Crippen LogP contribution in [0, 0.1) is 28.6 Å². The zero-order chi connectivity index (χ0) is 17.3. The first-order valence-electron chi connectivity index (χ1n) is 9.84. The lowest BCUT2D eigenvalue weighted by Crippen LogP contribution is -2.56. The molecule has 0 aromatic rings. The normalized spacial score (nSPS) is 50.3. The van der Waals surface area contributed by atoms with Crippen molar-refractivity contribution < 1.29 is 9.90 Å². The van der Waals surface area contributed by atoms with E-state index in [0.29, 0.717) is 29.6 Å². The summed E-state index contributed by atoms with van der Waals surface area (Å²) < 4.78 is 0. The lowest BCUT2D eigenvalue weighted by atomic mass is 9.46. The molecule has 0 amide bonds. The number of ketones is 1. The first-order valence-corrected chi connectivity index (χ1v) is 9.84. The van der Waals surface area contributed by atoms with E-state index in [4.69, 9.17) is 0 Å². The average Bonchev–Trinajstić information content (AvgIpc) is 2.81. The minimum atomic E-state index is -1.09. The second-order valence-corrected chi connectivity index (χ2v) is 9.54. The summed E-state index contributed by atoms with van der Waals surface area (Å²) in [5.41, 5.74) is 2.14. The monoisotopic (exact) mass is 328 g/mol. The summed E-state index contributed by atoms with van der Waals surface area (Å²) in [5.74, 6) is 1.83.